The van der Waals surface area contributed by atoms with Gasteiger partial charge in [-0.2, -0.15) is 13.2 Å². The van der Waals surface area contributed by atoms with Crippen LogP contribution in [0.5, 0.6) is 5.19 Å². The second-order valence-electron chi connectivity index (χ2n) is 9.79. The zero-order valence-electron chi connectivity index (χ0n) is 19.8. The number of rotatable bonds is 9. The van der Waals surface area contributed by atoms with E-state index >= 15 is 4.39 Å². The number of halogens is 4. The third-order valence-corrected chi connectivity index (χ3v) is 7.95. The molecule has 1 fully saturated rings. The first-order valence-electron chi connectivity index (χ1n) is 12.1. The van der Waals surface area contributed by atoms with E-state index in [9.17, 15) is 18.0 Å². The highest BCUT2D eigenvalue weighted by Gasteiger charge is 2.36. The summed E-state index contributed by atoms with van der Waals surface area (Å²) >= 11 is 1.17. The van der Waals surface area contributed by atoms with Gasteiger partial charge in [0.2, 0.25) is 0 Å². The van der Waals surface area contributed by atoms with Crippen molar-refractivity contribution in [2.75, 3.05) is 26.2 Å². The lowest BCUT2D eigenvalue weighted by molar-refractivity contribution is -0.153. The maximum absolute atomic E-state index is 15.5. The molecular formula is C24H31F4N3O3S. The van der Waals surface area contributed by atoms with Gasteiger partial charge in [0.15, 0.2) is 6.61 Å². The number of thiazole rings is 1. The molecular weight excluding hydrogens is 486 g/mol. The molecule has 0 unspecified atom stereocenters. The molecule has 1 aliphatic heterocycles. The Morgan fingerprint density at radius 1 is 1.29 bits per heavy atom. The Morgan fingerprint density at radius 2 is 2.03 bits per heavy atom. The quantitative estimate of drug-likeness (QED) is 0.422. The number of hydrogen-bond donors (Lipinski definition) is 0. The third-order valence-electron chi connectivity index (χ3n) is 6.88. The zero-order chi connectivity index (χ0) is 25.1. The van der Waals surface area contributed by atoms with Gasteiger partial charge in [0, 0.05) is 43.4 Å². The molecule has 194 valence electrons. The van der Waals surface area contributed by atoms with Crippen LogP contribution in [0.2, 0.25) is 0 Å². The highest BCUT2D eigenvalue weighted by atomic mass is 32.1. The summed E-state index contributed by atoms with van der Waals surface area (Å²) in [6.45, 7) is 2.54. The van der Waals surface area contributed by atoms with Crippen LogP contribution in [-0.2, 0) is 24.1 Å². The third kappa shape index (κ3) is 7.73. The van der Waals surface area contributed by atoms with Crippen LogP contribution in [0.4, 0.5) is 17.6 Å². The van der Waals surface area contributed by atoms with Crippen molar-refractivity contribution >= 4 is 17.1 Å². The number of carbonyl (C=O) groups excluding carboxylic acids is 1. The van der Waals surface area contributed by atoms with Crippen molar-refractivity contribution in [2.24, 2.45) is 5.92 Å². The van der Waals surface area contributed by atoms with Gasteiger partial charge in [-0.05, 0) is 51.4 Å². The first-order valence-corrected chi connectivity index (χ1v) is 12.9. The number of aromatic nitrogens is 2. The van der Waals surface area contributed by atoms with Crippen LogP contribution in [0.25, 0.3) is 0 Å². The second-order valence-corrected chi connectivity index (χ2v) is 10.8. The summed E-state index contributed by atoms with van der Waals surface area (Å²) in [5.41, 5.74) is 0.328. The molecule has 2 aliphatic rings. The smallest absolute Gasteiger partial charge is 0.422 e. The Kier molecular flexibility index (Phi) is 8.15. The first kappa shape index (κ1) is 26.1. The molecule has 0 spiro atoms. The Labute approximate surface area is 206 Å². The Hall–Kier alpha value is -2.01. The van der Waals surface area contributed by atoms with Crippen molar-refractivity contribution in [3.63, 3.8) is 0 Å². The summed E-state index contributed by atoms with van der Waals surface area (Å²) in [5, 5.41) is 3.87. The highest BCUT2D eigenvalue weighted by molar-refractivity contribution is 7.13. The number of ether oxygens (including phenoxy) is 1. The molecule has 0 radical (unpaired) electrons. The molecule has 1 saturated carbocycles. The summed E-state index contributed by atoms with van der Waals surface area (Å²) < 4.78 is 62.5. The number of hydrogen-bond acceptors (Lipinski definition) is 7. The van der Waals surface area contributed by atoms with Crippen LogP contribution in [0, 0.1) is 12.8 Å². The Bertz CT molecular complexity index is 973. The first-order chi connectivity index (χ1) is 16.6. The van der Waals surface area contributed by atoms with E-state index in [0.717, 1.165) is 22.8 Å². The van der Waals surface area contributed by atoms with Gasteiger partial charge in [-0.1, -0.05) is 16.5 Å². The fourth-order valence-electron chi connectivity index (χ4n) is 4.91. The fourth-order valence-corrected chi connectivity index (χ4v) is 5.85. The molecule has 0 aromatic carbocycles. The largest absolute Gasteiger partial charge is 0.460 e. The fraction of sp³-hybridized carbons (Fsp3) is 0.708. The van der Waals surface area contributed by atoms with Crippen molar-refractivity contribution < 1.29 is 31.6 Å². The SMILES string of the molecule is Cc1cc(CC(=O)CC2CCC(F)(CCN3CCc4nc(OCC(F)(F)F)sc4CC3)CC2)on1. The van der Waals surface area contributed by atoms with E-state index in [4.69, 9.17) is 9.26 Å². The summed E-state index contributed by atoms with van der Waals surface area (Å²) in [6.07, 6.45) is 0.407. The van der Waals surface area contributed by atoms with Crippen LogP contribution in [0.1, 0.15) is 60.6 Å². The van der Waals surface area contributed by atoms with Crippen molar-refractivity contribution in [3.8, 4) is 5.19 Å². The predicted octanol–water partition coefficient (Wildman–Crippen LogP) is 5.27. The number of aryl methyl sites for hydroxylation is 1. The second kappa shape index (κ2) is 10.9. The van der Waals surface area contributed by atoms with Gasteiger partial charge in [0.05, 0.1) is 17.8 Å². The van der Waals surface area contributed by atoms with Gasteiger partial charge >= 0.3 is 6.18 Å². The van der Waals surface area contributed by atoms with Crippen molar-refractivity contribution in [1.29, 1.82) is 0 Å². The summed E-state index contributed by atoms with van der Waals surface area (Å²) in [7, 11) is 0. The molecule has 0 saturated heterocycles. The average Bonchev–Trinajstić information content (AvgIpc) is 3.33. The lowest BCUT2D eigenvalue weighted by atomic mass is 9.76. The van der Waals surface area contributed by atoms with Gasteiger partial charge < -0.3 is 14.2 Å². The van der Waals surface area contributed by atoms with E-state index in [-0.39, 0.29) is 23.3 Å². The minimum Gasteiger partial charge on any atom is -0.460 e. The highest BCUT2D eigenvalue weighted by Crippen LogP contribution is 2.39. The minimum absolute atomic E-state index is 0.0645. The predicted molar refractivity (Wildman–Crippen MR) is 122 cm³/mol. The van der Waals surface area contributed by atoms with Crippen molar-refractivity contribution in [3.05, 3.63) is 28.1 Å². The maximum atomic E-state index is 15.5. The van der Waals surface area contributed by atoms with Crippen LogP contribution in [-0.4, -0.2) is 58.9 Å². The normalized spacial score (nSPS) is 23.6. The van der Waals surface area contributed by atoms with E-state index in [1.807, 2.05) is 6.92 Å². The molecule has 2 aromatic heterocycles. The van der Waals surface area contributed by atoms with Gasteiger partial charge in [-0.15, -0.1) is 0 Å². The Balaban J connectivity index is 1.17. The molecule has 4 rings (SSSR count). The molecule has 0 N–H and O–H groups in total. The molecule has 1 aliphatic carbocycles. The maximum Gasteiger partial charge on any atom is 0.422 e. The molecule has 3 heterocycles. The van der Waals surface area contributed by atoms with Crippen LogP contribution in [0.15, 0.2) is 10.6 Å². The van der Waals surface area contributed by atoms with Crippen LogP contribution < -0.4 is 4.74 Å². The number of alkyl halides is 4. The van der Waals surface area contributed by atoms with E-state index in [2.05, 4.69) is 15.0 Å². The number of fused-ring (bicyclic) bond motifs is 1. The van der Waals surface area contributed by atoms with Crippen LogP contribution >= 0.6 is 11.3 Å². The molecule has 35 heavy (non-hydrogen) atoms. The molecule has 0 atom stereocenters. The number of nitrogens with zero attached hydrogens (tertiary/aromatic N) is 3. The summed E-state index contributed by atoms with van der Waals surface area (Å²) in [4.78, 5) is 19.7. The number of carbonyl (C=O) groups is 1. The van der Waals surface area contributed by atoms with Crippen molar-refractivity contribution in [1.82, 2.24) is 15.0 Å². The van der Waals surface area contributed by atoms with Gasteiger partial charge in [0.1, 0.15) is 17.2 Å². The Morgan fingerprint density at radius 3 is 2.71 bits per heavy atom. The van der Waals surface area contributed by atoms with Crippen molar-refractivity contribution in [2.45, 2.75) is 76.6 Å². The number of ketones is 1. The standard InChI is InChI=1S/C24H31F4N3O3S/c1-16-12-19(34-30-16)14-18(32)13-17-2-6-23(25,7-3-17)8-11-31-9-4-20-21(5-10-31)35-22(29-20)33-15-24(26,27)28/h12,17H,2-11,13-15H2,1H3. The molecule has 0 bridgehead atoms. The monoisotopic (exact) mass is 517 g/mol. The minimum atomic E-state index is -4.38. The van der Waals surface area contributed by atoms with E-state index in [0.29, 0.717) is 70.2 Å². The topological polar surface area (TPSA) is 68.5 Å². The number of Topliss-reactive ketones (excluding diaryl/α,β-unsaturated/α-hetero) is 1. The van der Waals surface area contributed by atoms with Gasteiger partial charge in [-0.25, -0.2) is 9.37 Å². The summed E-state index contributed by atoms with van der Waals surface area (Å²) in [5.74, 6) is 0.898. The zero-order valence-corrected chi connectivity index (χ0v) is 20.7. The lowest BCUT2D eigenvalue weighted by Crippen LogP contribution is -2.36. The van der Waals surface area contributed by atoms with Gasteiger partial charge in [-0.3, -0.25) is 4.79 Å². The van der Waals surface area contributed by atoms with Crippen LogP contribution in [0.3, 0.4) is 0 Å². The van der Waals surface area contributed by atoms with E-state index in [1.54, 1.807) is 6.07 Å². The van der Waals surface area contributed by atoms with E-state index < -0.39 is 18.5 Å². The molecule has 0 amide bonds. The average molecular weight is 518 g/mol. The summed E-state index contributed by atoms with van der Waals surface area (Å²) in [6, 6.07) is 1.77. The van der Waals surface area contributed by atoms with E-state index in [1.165, 1.54) is 11.3 Å². The molecule has 11 heteroatoms. The molecule has 2 aromatic rings. The molecule has 6 nitrogen and oxygen atoms in total. The lowest BCUT2D eigenvalue weighted by Gasteiger charge is -2.35. The van der Waals surface area contributed by atoms with Gasteiger partial charge in [0.25, 0.3) is 5.19 Å².